The average Bonchev–Trinajstić information content (AvgIpc) is 3.13. The van der Waals surface area contributed by atoms with Gasteiger partial charge < -0.3 is 28.9 Å². The molecular weight excluding hydrogens is 630 g/mol. The molecule has 2 amide bonds. The molecule has 1 atom stereocenters. The third-order valence-corrected chi connectivity index (χ3v) is 11.0. The first-order chi connectivity index (χ1) is 24.1. The minimum Gasteiger partial charge on any atom is -0.467 e. The standard InChI is InChI=1S/C40H53N5O5/c1-38(2,3)50-37(47)45-23-18-31(27-39(45)19-12-7-13-20-39)43(4)36(46)40(30-14-8-6-9-15-30)21-24-44(25-22-40)32-26-34(42-41-28-32)33-16-10-11-17-35(33)49-29-48-5/h6,8-11,14-17,26,28,31H,7,12-13,18-25,27,29H2,1-5H3. The predicted molar refractivity (Wildman–Crippen MR) is 194 cm³/mol. The van der Waals surface area contributed by atoms with E-state index in [0.717, 1.165) is 61.0 Å². The van der Waals surface area contributed by atoms with Gasteiger partial charge in [0.15, 0.2) is 6.79 Å². The molecule has 6 rings (SSSR count). The lowest BCUT2D eigenvalue weighted by molar-refractivity contribution is -0.141. The van der Waals surface area contributed by atoms with Crippen LogP contribution in [0.2, 0.25) is 0 Å². The number of nitrogens with zero attached hydrogens (tertiary/aromatic N) is 5. The van der Waals surface area contributed by atoms with Crippen molar-refractivity contribution >= 4 is 17.7 Å². The molecule has 2 saturated heterocycles. The van der Waals surface area contributed by atoms with E-state index in [-0.39, 0.29) is 30.4 Å². The van der Waals surface area contributed by atoms with Gasteiger partial charge in [0.05, 0.1) is 23.0 Å². The van der Waals surface area contributed by atoms with Gasteiger partial charge in [0.1, 0.15) is 11.4 Å². The number of para-hydroxylation sites is 1. The monoisotopic (exact) mass is 683 g/mol. The van der Waals surface area contributed by atoms with E-state index in [2.05, 4.69) is 27.2 Å². The minimum atomic E-state index is -0.654. The van der Waals surface area contributed by atoms with Crippen molar-refractivity contribution in [2.45, 2.75) is 101 Å². The van der Waals surface area contributed by atoms with E-state index >= 15 is 0 Å². The Labute approximate surface area is 297 Å². The molecule has 2 aliphatic heterocycles. The zero-order valence-electron chi connectivity index (χ0n) is 30.4. The van der Waals surface area contributed by atoms with Crippen LogP contribution in [0.25, 0.3) is 11.3 Å². The van der Waals surface area contributed by atoms with E-state index in [1.54, 1.807) is 13.3 Å². The summed E-state index contributed by atoms with van der Waals surface area (Å²) in [5.41, 5.74) is 2.11. The van der Waals surface area contributed by atoms with E-state index in [4.69, 9.17) is 14.2 Å². The SMILES string of the molecule is COCOc1ccccc1-c1cc(N2CCC(C(=O)N(C)C3CCN(C(=O)OC(C)(C)C)C4(CCCCC4)C3)(c3ccccc3)CC2)cnn1. The van der Waals surface area contributed by atoms with Gasteiger partial charge in [0.25, 0.3) is 0 Å². The molecular formula is C40H53N5O5. The highest BCUT2D eigenvalue weighted by molar-refractivity contribution is 5.89. The second-order valence-corrected chi connectivity index (χ2v) is 15.3. The maximum atomic E-state index is 15.0. The number of hydrogen-bond donors (Lipinski definition) is 0. The van der Waals surface area contributed by atoms with Crippen molar-refractivity contribution in [1.29, 1.82) is 0 Å². The molecule has 10 heteroatoms. The maximum Gasteiger partial charge on any atom is 0.410 e. The van der Waals surface area contributed by atoms with Crippen molar-refractivity contribution in [3.8, 4) is 17.0 Å². The van der Waals surface area contributed by atoms with Crippen molar-refractivity contribution < 1.29 is 23.8 Å². The van der Waals surface area contributed by atoms with Crippen molar-refractivity contribution in [2.24, 2.45) is 0 Å². The molecule has 3 fully saturated rings. The largest absolute Gasteiger partial charge is 0.467 e. The molecule has 50 heavy (non-hydrogen) atoms. The smallest absolute Gasteiger partial charge is 0.410 e. The van der Waals surface area contributed by atoms with Crippen LogP contribution in [0.4, 0.5) is 10.5 Å². The van der Waals surface area contributed by atoms with Crippen LogP contribution in [0.3, 0.4) is 0 Å². The summed E-state index contributed by atoms with van der Waals surface area (Å²) in [7, 11) is 3.59. The van der Waals surface area contributed by atoms with Crippen LogP contribution in [0.5, 0.6) is 5.75 Å². The number of ether oxygens (including phenoxy) is 3. The molecule has 1 aromatic heterocycles. The lowest BCUT2D eigenvalue weighted by atomic mass is 9.70. The molecule has 1 saturated carbocycles. The molecule has 0 radical (unpaired) electrons. The number of hydrogen-bond acceptors (Lipinski definition) is 8. The summed E-state index contributed by atoms with van der Waals surface area (Å²) in [6.07, 6.45) is 9.71. The average molecular weight is 684 g/mol. The van der Waals surface area contributed by atoms with E-state index in [9.17, 15) is 9.59 Å². The lowest BCUT2D eigenvalue weighted by Gasteiger charge is -2.54. The second-order valence-electron chi connectivity index (χ2n) is 15.3. The second kappa shape index (κ2) is 15.0. The number of likely N-dealkylation sites (N-methyl/N-ethyl adjacent to an activating group) is 1. The van der Waals surface area contributed by atoms with Crippen LogP contribution in [0.15, 0.2) is 66.9 Å². The molecule has 0 N–H and O–H groups in total. The number of aromatic nitrogens is 2. The Balaban J connectivity index is 1.22. The molecule has 3 heterocycles. The highest BCUT2D eigenvalue weighted by atomic mass is 16.7. The zero-order chi connectivity index (χ0) is 35.4. The molecule has 2 aromatic carbocycles. The van der Waals surface area contributed by atoms with Gasteiger partial charge in [-0.15, -0.1) is 0 Å². The predicted octanol–water partition coefficient (Wildman–Crippen LogP) is 7.23. The van der Waals surface area contributed by atoms with Gasteiger partial charge in [-0.25, -0.2) is 4.79 Å². The molecule has 268 valence electrons. The number of anilines is 1. The van der Waals surface area contributed by atoms with Gasteiger partial charge >= 0.3 is 6.09 Å². The third kappa shape index (κ3) is 7.45. The Morgan fingerprint density at radius 3 is 2.34 bits per heavy atom. The van der Waals surface area contributed by atoms with Gasteiger partial charge in [-0.2, -0.15) is 10.2 Å². The Kier molecular flexibility index (Phi) is 10.7. The first kappa shape index (κ1) is 35.6. The van der Waals surface area contributed by atoms with Gasteiger partial charge in [-0.05, 0) is 83.1 Å². The Bertz CT molecular complexity index is 1610. The summed E-state index contributed by atoms with van der Waals surface area (Å²) < 4.78 is 16.8. The van der Waals surface area contributed by atoms with Crippen molar-refractivity contribution in [3.63, 3.8) is 0 Å². The van der Waals surface area contributed by atoms with Crippen molar-refractivity contribution in [3.05, 3.63) is 72.4 Å². The molecule has 0 bridgehead atoms. The van der Waals surface area contributed by atoms with Crippen LogP contribution < -0.4 is 9.64 Å². The Hall–Kier alpha value is -4.18. The van der Waals surface area contributed by atoms with Gasteiger partial charge in [0, 0.05) is 50.9 Å². The highest BCUT2D eigenvalue weighted by Crippen LogP contribution is 2.45. The topological polar surface area (TPSA) is 97.3 Å². The number of likely N-dealkylation sites (tertiary alicyclic amines) is 1. The normalized spacial score (nSPS) is 20.3. The van der Waals surface area contributed by atoms with E-state index in [1.807, 2.05) is 86.1 Å². The summed E-state index contributed by atoms with van der Waals surface area (Å²) in [6, 6.07) is 20.2. The van der Waals surface area contributed by atoms with Crippen molar-refractivity contribution in [1.82, 2.24) is 20.0 Å². The zero-order valence-corrected chi connectivity index (χ0v) is 30.4. The fourth-order valence-corrected chi connectivity index (χ4v) is 8.40. The fourth-order valence-electron chi connectivity index (χ4n) is 8.40. The van der Waals surface area contributed by atoms with Gasteiger partial charge in [-0.1, -0.05) is 61.7 Å². The summed E-state index contributed by atoms with van der Waals surface area (Å²) in [4.78, 5) is 34.8. The molecule has 3 aliphatic rings. The number of methoxy groups -OCH3 is 1. The highest BCUT2D eigenvalue weighted by Gasteiger charge is 2.51. The fraction of sp³-hybridized carbons (Fsp3) is 0.550. The molecule has 1 spiro atoms. The van der Waals surface area contributed by atoms with Crippen LogP contribution in [0.1, 0.15) is 84.1 Å². The first-order valence-electron chi connectivity index (χ1n) is 18.2. The van der Waals surface area contributed by atoms with E-state index in [1.165, 1.54) is 6.42 Å². The van der Waals surface area contributed by atoms with E-state index in [0.29, 0.717) is 38.2 Å². The van der Waals surface area contributed by atoms with Crippen molar-refractivity contribution in [2.75, 3.05) is 45.5 Å². The maximum absolute atomic E-state index is 15.0. The molecule has 1 unspecified atom stereocenters. The number of benzene rings is 2. The number of amides is 2. The Morgan fingerprint density at radius 1 is 0.940 bits per heavy atom. The summed E-state index contributed by atoms with van der Waals surface area (Å²) in [5.74, 6) is 0.853. The first-order valence-corrected chi connectivity index (χ1v) is 18.2. The molecule has 10 nitrogen and oxygen atoms in total. The van der Waals surface area contributed by atoms with Crippen LogP contribution in [-0.2, 0) is 19.7 Å². The quantitative estimate of drug-likeness (QED) is 0.230. The Morgan fingerprint density at radius 2 is 1.64 bits per heavy atom. The number of piperidine rings is 2. The number of carbonyl (C=O) groups is 2. The van der Waals surface area contributed by atoms with E-state index < -0.39 is 11.0 Å². The van der Waals surface area contributed by atoms with Crippen LogP contribution >= 0.6 is 0 Å². The minimum absolute atomic E-state index is 0.0465. The summed E-state index contributed by atoms with van der Waals surface area (Å²) in [5, 5.41) is 8.80. The number of rotatable bonds is 8. The lowest BCUT2D eigenvalue weighted by Crippen LogP contribution is -2.63. The molecule has 3 aromatic rings. The van der Waals surface area contributed by atoms with Gasteiger partial charge in [-0.3, -0.25) is 4.79 Å². The number of carbonyl (C=O) groups excluding carboxylic acids is 2. The third-order valence-electron chi connectivity index (χ3n) is 11.0. The van der Waals surface area contributed by atoms with Crippen LogP contribution in [0, 0.1) is 0 Å². The van der Waals surface area contributed by atoms with Crippen LogP contribution in [-0.4, -0.2) is 89.8 Å². The summed E-state index contributed by atoms with van der Waals surface area (Å²) in [6.45, 7) is 7.91. The summed E-state index contributed by atoms with van der Waals surface area (Å²) >= 11 is 0. The van der Waals surface area contributed by atoms with Gasteiger partial charge in [0.2, 0.25) is 5.91 Å². The molecule has 1 aliphatic carbocycles.